The molecule has 0 saturated carbocycles. The lowest BCUT2D eigenvalue weighted by molar-refractivity contribution is 0.0950. The fraction of sp³-hybridized carbons (Fsp3) is 0.600. The lowest BCUT2D eigenvalue weighted by Gasteiger charge is -2.10. The van der Waals surface area contributed by atoms with Crippen molar-refractivity contribution in [3.05, 3.63) is 18.0 Å². The van der Waals surface area contributed by atoms with E-state index in [0.717, 1.165) is 13.0 Å². The van der Waals surface area contributed by atoms with Gasteiger partial charge in [-0.3, -0.25) is 9.48 Å². The molecule has 1 aromatic heterocycles. The van der Waals surface area contributed by atoms with Crippen molar-refractivity contribution < 1.29 is 4.79 Å². The maximum Gasteiger partial charge on any atom is 0.254 e. The molecule has 0 spiro atoms. The number of nitrogens with zero attached hydrogens (tertiary/aromatic N) is 2. The van der Waals surface area contributed by atoms with E-state index in [9.17, 15) is 4.79 Å². The van der Waals surface area contributed by atoms with Crippen molar-refractivity contribution >= 4 is 5.91 Å². The molecule has 0 aromatic carbocycles. The molecule has 1 atom stereocenters. The number of hydrogen-bond donors (Lipinski definition) is 2. The first-order valence-corrected chi connectivity index (χ1v) is 5.26. The van der Waals surface area contributed by atoms with Crippen LogP contribution in [-0.4, -0.2) is 34.8 Å². The van der Waals surface area contributed by atoms with Crippen LogP contribution in [0.15, 0.2) is 12.4 Å². The predicted octanol–water partition coefficient (Wildman–Crippen LogP) is -0.0981. The quantitative estimate of drug-likeness (QED) is 0.729. The van der Waals surface area contributed by atoms with E-state index in [2.05, 4.69) is 15.7 Å². The molecule has 1 amide bonds. The lowest BCUT2D eigenvalue weighted by atomic mass is 10.2. The summed E-state index contributed by atoms with van der Waals surface area (Å²) in [6.45, 7) is 1.77. The molecular formula is C10H16N4O. The van der Waals surface area contributed by atoms with Gasteiger partial charge in [0.1, 0.15) is 0 Å². The van der Waals surface area contributed by atoms with E-state index >= 15 is 0 Å². The number of hydrogen-bond acceptors (Lipinski definition) is 3. The Morgan fingerprint density at radius 3 is 3.27 bits per heavy atom. The van der Waals surface area contributed by atoms with Crippen molar-refractivity contribution in [1.82, 2.24) is 20.4 Å². The van der Waals surface area contributed by atoms with Gasteiger partial charge in [-0.2, -0.15) is 5.10 Å². The normalized spacial score (nSPS) is 20.5. The van der Waals surface area contributed by atoms with E-state index in [-0.39, 0.29) is 5.91 Å². The molecule has 82 valence electrons. The summed E-state index contributed by atoms with van der Waals surface area (Å²) in [5, 5.41) is 10.2. The number of aromatic nitrogens is 2. The van der Waals surface area contributed by atoms with Gasteiger partial charge in [0.25, 0.3) is 5.91 Å². The summed E-state index contributed by atoms with van der Waals surface area (Å²) in [6.07, 6.45) is 5.65. The van der Waals surface area contributed by atoms with Crippen molar-refractivity contribution in [2.45, 2.75) is 18.9 Å². The maximum absolute atomic E-state index is 11.6. The van der Waals surface area contributed by atoms with E-state index in [1.54, 1.807) is 24.1 Å². The summed E-state index contributed by atoms with van der Waals surface area (Å²) in [4.78, 5) is 11.6. The molecular weight excluding hydrogens is 192 g/mol. The van der Waals surface area contributed by atoms with Crippen LogP contribution in [-0.2, 0) is 7.05 Å². The third-order valence-electron chi connectivity index (χ3n) is 2.64. The molecule has 5 heteroatoms. The standard InChI is InChI=1S/C10H16N4O/c1-14-7-8(5-13-14)10(15)12-6-9-3-2-4-11-9/h5,7,9,11H,2-4,6H2,1H3,(H,12,15). The number of carbonyl (C=O) groups excluding carboxylic acids is 1. The zero-order valence-electron chi connectivity index (χ0n) is 8.86. The molecule has 0 aliphatic carbocycles. The predicted molar refractivity (Wildman–Crippen MR) is 56.6 cm³/mol. The smallest absolute Gasteiger partial charge is 0.254 e. The molecule has 1 aliphatic rings. The molecule has 1 aliphatic heterocycles. The van der Waals surface area contributed by atoms with Crippen LogP contribution in [0.4, 0.5) is 0 Å². The molecule has 5 nitrogen and oxygen atoms in total. The third-order valence-corrected chi connectivity index (χ3v) is 2.64. The first-order valence-electron chi connectivity index (χ1n) is 5.26. The second-order valence-corrected chi connectivity index (χ2v) is 3.91. The largest absolute Gasteiger partial charge is 0.350 e. The SMILES string of the molecule is Cn1cc(C(=O)NCC2CCCN2)cn1. The van der Waals surface area contributed by atoms with Crippen molar-refractivity contribution in [2.24, 2.45) is 7.05 Å². The summed E-state index contributed by atoms with van der Waals surface area (Å²) in [7, 11) is 1.80. The molecule has 1 fully saturated rings. The van der Waals surface area contributed by atoms with Crippen LogP contribution in [0.3, 0.4) is 0 Å². The zero-order valence-corrected chi connectivity index (χ0v) is 8.86. The van der Waals surface area contributed by atoms with Crippen molar-refractivity contribution in [1.29, 1.82) is 0 Å². The topological polar surface area (TPSA) is 59.0 Å². The second kappa shape index (κ2) is 4.44. The zero-order chi connectivity index (χ0) is 10.7. The number of amides is 1. The Hall–Kier alpha value is -1.36. The fourth-order valence-corrected chi connectivity index (χ4v) is 1.79. The van der Waals surface area contributed by atoms with Crippen LogP contribution in [0, 0.1) is 0 Å². The van der Waals surface area contributed by atoms with Gasteiger partial charge in [-0.25, -0.2) is 0 Å². The Bertz CT molecular complexity index is 341. The fourth-order valence-electron chi connectivity index (χ4n) is 1.79. The number of rotatable bonds is 3. The van der Waals surface area contributed by atoms with Gasteiger partial charge in [-0.1, -0.05) is 0 Å². The first-order chi connectivity index (χ1) is 7.25. The Labute approximate surface area is 88.8 Å². The molecule has 2 N–H and O–H groups in total. The first kappa shape index (κ1) is 10.2. The minimum Gasteiger partial charge on any atom is -0.350 e. The van der Waals surface area contributed by atoms with Crippen LogP contribution in [0.25, 0.3) is 0 Å². The van der Waals surface area contributed by atoms with Crippen molar-refractivity contribution in [3.8, 4) is 0 Å². The molecule has 2 heterocycles. The monoisotopic (exact) mass is 208 g/mol. The Kier molecular flexibility index (Phi) is 3.01. The Morgan fingerprint density at radius 2 is 2.67 bits per heavy atom. The Morgan fingerprint density at radius 1 is 1.80 bits per heavy atom. The minimum atomic E-state index is -0.0446. The second-order valence-electron chi connectivity index (χ2n) is 3.91. The van der Waals surface area contributed by atoms with E-state index in [0.29, 0.717) is 18.2 Å². The third kappa shape index (κ3) is 2.56. The Balaban J connectivity index is 1.81. The van der Waals surface area contributed by atoms with E-state index in [4.69, 9.17) is 0 Å². The van der Waals surface area contributed by atoms with Gasteiger partial charge in [-0.05, 0) is 19.4 Å². The highest BCUT2D eigenvalue weighted by Gasteiger charge is 2.15. The van der Waals surface area contributed by atoms with Crippen molar-refractivity contribution in [2.75, 3.05) is 13.1 Å². The van der Waals surface area contributed by atoms with Crippen LogP contribution < -0.4 is 10.6 Å². The number of aryl methyl sites for hydroxylation is 1. The number of carbonyl (C=O) groups is 1. The van der Waals surface area contributed by atoms with Gasteiger partial charge < -0.3 is 10.6 Å². The van der Waals surface area contributed by atoms with Gasteiger partial charge in [-0.15, -0.1) is 0 Å². The van der Waals surface area contributed by atoms with Crippen LogP contribution in [0.5, 0.6) is 0 Å². The summed E-state index contributed by atoms with van der Waals surface area (Å²) in [6, 6.07) is 0.436. The highest BCUT2D eigenvalue weighted by Crippen LogP contribution is 2.03. The average molecular weight is 208 g/mol. The molecule has 0 radical (unpaired) electrons. The van der Waals surface area contributed by atoms with Crippen LogP contribution in [0.1, 0.15) is 23.2 Å². The lowest BCUT2D eigenvalue weighted by Crippen LogP contribution is -2.37. The van der Waals surface area contributed by atoms with E-state index in [1.807, 2.05) is 0 Å². The average Bonchev–Trinajstić information content (AvgIpc) is 2.84. The summed E-state index contributed by atoms with van der Waals surface area (Å²) in [5.41, 5.74) is 0.621. The van der Waals surface area contributed by atoms with Gasteiger partial charge >= 0.3 is 0 Å². The molecule has 1 unspecified atom stereocenters. The summed E-state index contributed by atoms with van der Waals surface area (Å²) in [5.74, 6) is -0.0446. The minimum absolute atomic E-state index is 0.0446. The van der Waals surface area contributed by atoms with Gasteiger partial charge in [0.2, 0.25) is 0 Å². The molecule has 1 aromatic rings. The van der Waals surface area contributed by atoms with Crippen molar-refractivity contribution in [3.63, 3.8) is 0 Å². The summed E-state index contributed by atoms with van der Waals surface area (Å²) >= 11 is 0. The molecule has 1 saturated heterocycles. The highest BCUT2D eigenvalue weighted by molar-refractivity contribution is 5.93. The molecule has 2 rings (SSSR count). The number of nitrogens with one attached hydrogen (secondary N) is 2. The van der Waals surface area contributed by atoms with Crippen LogP contribution >= 0.6 is 0 Å². The van der Waals surface area contributed by atoms with E-state index < -0.39 is 0 Å². The van der Waals surface area contributed by atoms with Gasteiger partial charge in [0.05, 0.1) is 11.8 Å². The van der Waals surface area contributed by atoms with Gasteiger partial charge in [0, 0.05) is 25.8 Å². The van der Waals surface area contributed by atoms with Gasteiger partial charge in [0.15, 0.2) is 0 Å². The molecule has 0 bridgehead atoms. The summed E-state index contributed by atoms with van der Waals surface area (Å²) < 4.78 is 1.63. The maximum atomic E-state index is 11.6. The van der Waals surface area contributed by atoms with E-state index in [1.165, 1.54) is 6.42 Å². The highest BCUT2D eigenvalue weighted by atomic mass is 16.1. The molecule has 15 heavy (non-hydrogen) atoms. The van der Waals surface area contributed by atoms with Crippen LogP contribution in [0.2, 0.25) is 0 Å².